The van der Waals surface area contributed by atoms with Crippen LogP contribution in [0.2, 0.25) is 0 Å². The highest BCUT2D eigenvalue weighted by atomic mass is 32.2. The van der Waals surface area contributed by atoms with E-state index in [1.807, 2.05) is 17.8 Å². The molecular formula is C15H22N4S. The van der Waals surface area contributed by atoms with Gasteiger partial charge in [-0.3, -0.25) is 5.10 Å². The van der Waals surface area contributed by atoms with Crippen LogP contribution in [0.25, 0.3) is 10.9 Å². The number of benzene rings is 1. The molecule has 3 rings (SSSR count). The molecule has 20 heavy (non-hydrogen) atoms. The molecule has 1 aliphatic rings. The monoisotopic (exact) mass is 290 g/mol. The number of nitrogens with one attached hydrogen (secondary N) is 2. The van der Waals surface area contributed by atoms with Crippen molar-refractivity contribution in [2.75, 3.05) is 23.9 Å². The number of rotatable bonds is 4. The van der Waals surface area contributed by atoms with Gasteiger partial charge in [0.05, 0.1) is 23.1 Å². The molecular weight excluding hydrogens is 268 g/mol. The van der Waals surface area contributed by atoms with Crippen molar-refractivity contribution in [3.8, 4) is 0 Å². The van der Waals surface area contributed by atoms with Crippen LogP contribution in [0.4, 0.5) is 11.4 Å². The fraction of sp³-hybridized carbons (Fsp3) is 0.533. The number of H-pyrrole nitrogens is 1. The summed E-state index contributed by atoms with van der Waals surface area (Å²) in [6.45, 7) is 0.984. The lowest BCUT2D eigenvalue weighted by Gasteiger charge is -2.36. The maximum Gasteiger partial charge on any atom is 0.0672 e. The quantitative estimate of drug-likeness (QED) is 0.752. The first-order valence-electron chi connectivity index (χ1n) is 7.24. The largest absolute Gasteiger partial charge is 0.397 e. The average Bonchev–Trinajstić information content (AvgIpc) is 2.93. The Morgan fingerprint density at radius 3 is 2.90 bits per heavy atom. The number of hydrogen-bond acceptors (Lipinski definition) is 4. The highest BCUT2D eigenvalue weighted by Gasteiger charge is 2.30. The highest BCUT2D eigenvalue weighted by molar-refractivity contribution is 8.00. The third kappa shape index (κ3) is 2.59. The first-order chi connectivity index (χ1) is 9.72. The number of nitrogen functional groups attached to an aromatic ring is 1. The molecule has 0 amide bonds. The Labute approximate surface area is 123 Å². The molecule has 0 aliphatic heterocycles. The van der Waals surface area contributed by atoms with Crippen LogP contribution < -0.4 is 11.1 Å². The van der Waals surface area contributed by atoms with Crippen molar-refractivity contribution < 1.29 is 0 Å². The number of aromatic amines is 1. The lowest BCUT2D eigenvalue weighted by atomic mass is 9.88. The maximum atomic E-state index is 6.14. The Bertz CT molecular complexity index is 587. The predicted octanol–water partition coefficient (Wildman–Crippen LogP) is 3.62. The highest BCUT2D eigenvalue weighted by Crippen LogP contribution is 2.39. The number of thioether (sulfide) groups is 1. The van der Waals surface area contributed by atoms with Crippen molar-refractivity contribution in [1.82, 2.24) is 10.2 Å². The van der Waals surface area contributed by atoms with E-state index in [1.54, 1.807) is 6.20 Å². The maximum absolute atomic E-state index is 6.14. The summed E-state index contributed by atoms with van der Waals surface area (Å²) in [6.07, 6.45) is 10.7. The Morgan fingerprint density at radius 2 is 2.15 bits per heavy atom. The third-order valence-corrected chi connectivity index (χ3v) is 5.83. The molecule has 1 aromatic carbocycles. The molecule has 1 saturated carbocycles. The first kappa shape index (κ1) is 13.6. The second kappa shape index (κ2) is 5.56. The van der Waals surface area contributed by atoms with Crippen molar-refractivity contribution in [2.45, 2.75) is 36.9 Å². The van der Waals surface area contributed by atoms with Crippen LogP contribution >= 0.6 is 11.8 Å². The average molecular weight is 290 g/mol. The lowest BCUT2D eigenvalue weighted by molar-refractivity contribution is 0.411. The minimum Gasteiger partial charge on any atom is -0.397 e. The number of nitrogens with two attached hydrogens (primary N) is 1. The molecule has 5 heteroatoms. The Morgan fingerprint density at radius 1 is 1.35 bits per heavy atom. The Kier molecular flexibility index (Phi) is 3.78. The van der Waals surface area contributed by atoms with Crippen LogP contribution in [0, 0.1) is 0 Å². The second-order valence-electron chi connectivity index (χ2n) is 5.70. The number of anilines is 2. The summed E-state index contributed by atoms with van der Waals surface area (Å²) in [5, 5.41) is 11.7. The van der Waals surface area contributed by atoms with Crippen molar-refractivity contribution in [3.05, 3.63) is 18.3 Å². The topological polar surface area (TPSA) is 66.7 Å². The van der Waals surface area contributed by atoms with E-state index in [2.05, 4.69) is 27.8 Å². The molecule has 0 bridgehead atoms. The van der Waals surface area contributed by atoms with Crippen LogP contribution in [-0.2, 0) is 0 Å². The number of aromatic nitrogens is 2. The van der Waals surface area contributed by atoms with E-state index in [0.717, 1.165) is 28.8 Å². The van der Waals surface area contributed by atoms with Gasteiger partial charge in [-0.15, -0.1) is 0 Å². The third-order valence-electron chi connectivity index (χ3n) is 4.41. The van der Waals surface area contributed by atoms with Crippen molar-refractivity contribution in [1.29, 1.82) is 0 Å². The molecule has 1 heterocycles. The van der Waals surface area contributed by atoms with Gasteiger partial charge in [-0.2, -0.15) is 16.9 Å². The number of nitrogens with zero attached hydrogens (tertiary/aromatic N) is 1. The second-order valence-corrected chi connectivity index (χ2v) is 6.97. The summed E-state index contributed by atoms with van der Waals surface area (Å²) in [6, 6.07) is 4.04. The van der Waals surface area contributed by atoms with E-state index in [0.29, 0.717) is 4.75 Å². The van der Waals surface area contributed by atoms with Gasteiger partial charge < -0.3 is 11.1 Å². The molecule has 0 radical (unpaired) electrons. The predicted molar refractivity (Wildman–Crippen MR) is 88.3 cm³/mol. The Hall–Kier alpha value is -1.36. The molecule has 0 atom stereocenters. The SMILES string of the molecule is CSC1(CNc2cc3[nH]ncc3cc2N)CCCCC1. The summed E-state index contributed by atoms with van der Waals surface area (Å²) < 4.78 is 0.369. The zero-order valence-corrected chi connectivity index (χ0v) is 12.7. The summed E-state index contributed by atoms with van der Waals surface area (Å²) in [7, 11) is 0. The van der Waals surface area contributed by atoms with E-state index in [4.69, 9.17) is 5.73 Å². The molecule has 4 nitrogen and oxygen atoms in total. The molecule has 1 aliphatic carbocycles. The normalized spacial score (nSPS) is 18.2. The van der Waals surface area contributed by atoms with Crippen LogP contribution in [0.3, 0.4) is 0 Å². The molecule has 0 unspecified atom stereocenters. The summed E-state index contributed by atoms with van der Waals surface area (Å²) in [4.78, 5) is 0. The van der Waals surface area contributed by atoms with Gasteiger partial charge in [0.25, 0.3) is 0 Å². The van der Waals surface area contributed by atoms with Gasteiger partial charge in [0.15, 0.2) is 0 Å². The standard InChI is InChI=1S/C15H22N4S/c1-20-15(5-3-2-4-6-15)10-17-14-8-13-11(7-12(14)16)9-18-19-13/h7-9,17H,2-6,10,16H2,1H3,(H,18,19). The first-order valence-corrected chi connectivity index (χ1v) is 8.47. The van der Waals surface area contributed by atoms with Crippen molar-refractivity contribution >= 4 is 34.0 Å². The number of hydrogen-bond donors (Lipinski definition) is 3. The molecule has 1 fully saturated rings. The van der Waals surface area contributed by atoms with E-state index in [-0.39, 0.29) is 0 Å². The van der Waals surface area contributed by atoms with Crippen LogP contribution in [0.1, 0.15) is 32.1 Å². The van der Waals surface area contributed by atoms with Crippen LogP contribution in [-0.4, -0.2) is 27.7 Å². The van der Waals surface area contributed by atoms with Gasteiger partial charge >= 0.3 is 0 Å². The van der Waals surface area contributed by atoms with Crippen LogP contribution in [0.15, 0.2) is 18.3 Å². The fourth-order valence-corrected chi connectivity index (χ4v) is 3.98. The zero-order chi connectivity index (χ0) is 14.0. The van der Waals surface area contributed by atoms with Gasteiger partial charge in [0, 0.05) is 16.7 Å². The van der Waals surface area contributed by atoms with E-state index in [1.165, 1.54) is 32.1 Å². The Balaban J connectivity index is 1.76. The number of fused-ring (bicyclic) bond motifs is 1. The van der Waals surface area contributed by atoms with Crippen molar-refractivity contribution in [2.24, 2.45) is 0 Å². The van der Waals surface area contributed by atoms with E-state index in [9.17, 15) is 0 Å². The zero-order valence-electron chi connectivity index (χ0n) is 11.9. The molecule has 4 N–H and O–H groups in total. The molecule has 1 aromatic heterocycles. The minimum atomic E-state index is 0.369. The van der Waals surface area contributed by atoms with E-state index >= 15 is 0 Å². The van der Waals surface area contributed by atoms with Gasteiger partial charge in [-0.25, -0.2) is 0 Å². The van der Waals surface area contributed by atoms with E-state index < -0.39 is 0 Å². The van der Waals surface area contributed by atoms with Crippen molar-refractivity contribution in [3.63, 3.8) is 0 Å². The van der Waals surface area contributed by atoms with Gasteiger partial charge in [0.1, 0.15) is 0 Å². The summed E-state index contributed by atoms with van der Waals surface area (Å²) >= 11 is 2.00. The van der Waals surface area contributed by atoms with Gasteiger partial charge in [-0.05, 0) is 31.2 Å². The molecule has 2 aromatic rings. The minimum absolute atomic E-state index is 0.369. The lowest BCUT2D eigenvalue weighted by Crippen LogP contribution is -2.35. The smallest absolute Gasteiger partial charge is 0.0672 e. The van der Waals surface area contributed by atoms with Gasteiger partial charge in [0.2, 0.25) is 0 Å². The van der Waals surface area contributed by atoms with Gasteiger partial charge in [-0.1, -0.05) is 19.3 Å². The van der Waals surface area contributed by atoms with Crippen LogP contribution in [0.5, 0.6) is 0 Å². The molecule has 0 saturated heterocycles. The fourth-order valence-electron chi connectivity index (χ4n) is 3.07. The summed E-state index contributed by atoms with van der Waals surface area (Å²) in [5.41, 5.74) is 8.98. The molecule has 108 valence electrons. The summed E-state index contributed by atoms with van der Waals surface area (Å²) in [5.74, 6) is 0. The molecule has 0 spiro atoms.